The van der Waals surface area contributed by atoms with Gasteiger partial charge in [-0.25, -0.2) is 4.79 Å². The van der Waals surface area contributed by atoms with E-state index in [2.05, 4.69) is 4.90 Å². The summed E-state index contributed by atoms with van der Waals surface area (Å²) in [7, 11) is 0. The van der Waals surface area contributed by atoms with Gasteiger partial charge >= 0.3 is 5.63 Å². The fourth-order valence-corrected chi connectivity index (χ4v) is 3.54. The first-order chi connectivity index (χ1) is 12.2. The number of hydrogen-bond donors (Lipinski definition) is 1. The highest BCUT2D eigenvalue weighted by atomic mass is 16.4. The van der Waals surface area contributed by atoms with E-state index >= 15 is 0 Å². The maximum Gasteiger partial charge on any atom is 0.344 e. The van der Waals surface area contributed by atoms with Crippen LogP contribution in [-0.4, -0.2) is 23.1 Å². The molecule has 0 atom stereocenters. The van der Waals surface area contributed by atoms with Gasteiger partial charge in [0.15, 0.2) is 0 Å². The van der Waals surface area contributed by atoms with Gasteiger partial charge in [0.2, 0.25) is 0 Å². The molecule has 1 N–H and O–H groups in total. The number of hydrogen-bond acceptors (Lipinski definition) is 4. The Bertz CT molecular complexity index is 941. The van der Waals surface area contributed by atoms with Crippen molar-refractivity contribution in [1.29, 1.82) is 0 Å². The molecule has 25 heavy (non-hydrogen) atoms. The topological polar surface area (TPSA) is 53.7 Å². The largest absolute Gasteiger partial charge is 0.507 e. The average Bonchev–Trinajstić information content (AvgIpc) is 2.65. The fraction of sp³-hybridized carbons (Fsp3) is 0.286. The molecule has 0 spiro atoms. The van der Waals surface area contributed by atoms with Gasteiger partial charge in [-0.3, -0.25) is 4.90 Å². The molecule has 1 aliphatic heterocycles. The molecule has 0 bridgehead atoms. The molecule has 1 saturated heterocycles. The van der Waals surface area contributed by atoms with Crippen LogP contribution < -0.4 is 5.63 Å². The maximum atomic E-state index is 12.5. The van der Waals surface area contributed by atoms with Crippen LogP contribution in [-0.2, 0) is 6.54 Å². The van der Waals surface area contributed by atoms with E-state index in [1.54, 1.807) is 12.1 Å². The van der Waals surface area contributed by atoms with Crippen molar-refractivity contribution in [2.75, 3.05) is 13.1 Å². The van der Waals surface area contributed by atoms with E-state index in [4.69, 9.17) is 4.42 Å². The van der Waals surface area contributed by atoms with Crippen molar-refractivity contribution < 1.29 is 9.52 Å². The number of fused-ring (bicyclic) bond motifs is 1. The van der Waals surface area contributed by atoms with Crippen molar-refractivity contribution >= 4 is 11.0 Å². The van der Waals surface area contributed by atoms with Crippen LogP contribution in [0.3, 0.4) is 0 Å². The van der Waals surface area contributed by atoms with E-state index in [-0.39, 0.29) is 11.4 Å². The summed E-state index contributed by atoms with van der Waals surface area (Å²) in [6.45, 7) is 2.64. The zero-order valence-electron chi connectivity index (χ0n) is 14.1. The van der Waals surface area contributed by atoms with E-state index in [0.29, 0.717) is 23.3 Å². The summed E-state index contributed by atoms with van der Waals surface area (Å²) in [6, 6.07) is 14.9. The van der Waals surface area contributed by atoms with E-state index in [1.165, 1.54) is 19.3 Å². The first-order valence-electron chi connectivity index (χ1n) is 8.79. The molecule has 1 fully saturated rings. The van der Waals surface area contributed by atoms with Gasteiger partial charge in [0.25, 0.3) is 0 Å². The lowest BCUT2D eigenvalue weighted by Crippen LogP contribution is -2.29. The smallest absolute Gasteiger partial charge is 0.344 e. The van der Waals surface area contributed by atoms with E-state index in [9.17, 15) is 9.90 Å². The second kappa shape index (κ2) is 6.73. The quantitative estimate of drug-likeness (QED) is 0.731. The minimum absolute atomic E-state index is 0.189. The highest BCUT2D eigenvalue weighted by Crippen LogP contribution is 2.30. The van der Waals surface area contributed by atoms with Crippen LogP contribution in [0.1, 0.15) is 24.8 Å². The molecule has 2 aromatic carbocycles. The number of phenolic OH excluding ortho intramolecular Hbond substituents is 1. The molecule has 3 aromatic rings. The van der Waals surface area contributed by atoms with Gasteiger partial charge in [0, 0.05) is 11.9 Å². The van der Waals surface area contributed by atoms with Gasteiger partial charge in [-0.15, -0.1) is 0 Å². The number of rotatable bonds is 3. The number of likely N-dealkylation sites (tertiary alicyclic amines) is 1. The Morgan fingerprint density at radius 2 is 1.76 bits per heavy atom. The van der Waals surface area contributed by atoms with Crippen LogP contribution in [0.15, 0.2) is 57.7 Å². The lowest BCUT2D eigenvalue weighted by molar-refractivity contribution is 0.218. The van der Waals surface area contributed by atoms with Gasteiger partial charge < -0.3 is 9.52 Å². The number of nitrogens with zero attached hydrogens (tertiary/aromatic N) is 1. The van der Waals surface area contributed by atoms with Crippen molar-refractivity contribution in [3.8, 4) is 16.9 Å². The third-order valence-corrected chi connectivity index (χ3v) is 4.90. The Kier molecular flexibility index (Phi) is 4.28. The number of benzene rings is 2. The third kappa shape index (κ3) is 3.17. The minimum atomic E-state index is -0.371. The number of aromatic hydroxyl groups is 1. The van der Waals surface area contributed by atoms with Gasteiger partial charge in [-0.2, -0.15) is 0 Å². The van der Waals surface area contributed by atoms with Gasteiger partial charge in [-0.1, -0.05) is 36.8 Å². The summed E-state index contributed by atoms with van der Waals surface area (Å²) in [6.07, 6.45) is 3.61. The molecule has 4 heteroatoms. The van der Waals surface area contributed by atoms with Gasteiger partial charge in [0.05, 0.1) is 11.1 Å². The minimum Gasteiger partial charge on any atom is -0.507 e. The molecule has 0 aliphatic carbocycles. The van der Waals surface area contributed by atoms with E-state index < -0.39 is 0 Å². The maximum absolute atomic E-state index is 12.5. The van der Waals surface area contributed by atoms with Crippen LogP contribution in [0.4, 0.5) is 0 Å². The lowest BCUT2D eigenvalue weighted by atomic mass is 10.0. The summed E-state index contributed by atoms with van der Waals surface area (Å²) < 4.78 is 5.66. The van der Waals surface area contributed by atoms with Crippen LogP contribution in [0.5, 0.6) is 5.75 Å². The predicted octanol–water partition coefficient (Wildman–Crippen LogP) is 4.15. The van der Waals surface area contributed by atoms with Crippen molar-refractivity contribution in [3.05, 3.63) is 64.5 Å². The summed E-state index contributed by atoms with van der Waals surface area (Å²) in [4.78, 5) is 14.8. The number of piperidine rings is 1. The zero-order chi connectivity index (χ0) is 17.2. The Balaban J connectivity index is 1.80. The average molecular weight is 335 g/mol. The normalized spacial score (nSPS) is 15.5. The molecular weight excluding hydrogens is 314 g/mol. The summed E-state index contributed by atoms with van der Waals surface area (Å²) >= 11 is 0. The van der Waals surface area contributed by atoms with Crippen molar-refractivity contribution in [1.82, 2.24) is 4.90 Å². The molecule has 4 nitrogen and oxygen atoms in total. The molecule has 2 heterocycles. The molecular formula is C21H21NO3. The highest BCUT2D eigenvalue weighted by Gasteiger charge is 2.18. The first kappa shape index (κ1) is 15.9. The molecule has 128 valence electrons. The molecule has 0 unspecified atom stereocenters. The van der Waals surface area contributed by atoms with E-state index in [0.717, 1.165) is 24.0 Å². The molecule has 0 radical (unpaired) electrons. The van der Waals surface area contributed by atoms with Crippen molar-refractivity contribution in [2.24, 2.45) is 0 Å². The SMILES string of the molecule is O=c1oc2c(CN3CCCCC3)c(O)ccc2cc1-c1ccccc1. The Labute approximate surface area is 146 Å². The summed E-state index contributed by atoms with van der Waals surface area (Å²) in [5, 5.41) is 11.2. The monoisotopic (exact) mass is 335 g/mol. The molecule has 0 saturated carbocycles. The highest BCUT2D eigenvalue weighted by molar-refractivity contribution is 5.85. The van der Waals surface area contributed by atoms with Crippen LogP contribution in [0.2, 0.25) is 0 Å². The third-order valence-electron chi connectivity index (χ3n) is 4.90. The van der Waals surface area contributed by atoms with Crippen molar-refractivity contribution in [2.45, 2.75) is 25.8 Å². The molecule has 1 aliphatic rings. The van der Waals surface area contributed by atoms with Crippen LogP contribution in [0.25, 0.3) is 22.1 Å². The van der Waals surface area contributed by atoms with Crippen LogP contribution in [0, 0.1) is 0 Å². The van der Waals surface area contributed by atoms with Gasteiger partial charge in [0.1, 0.15) is 11.3 Å². The Morgan fingerprint density at radius 3 is 2.52 bits per heavy atom. The first-order valence-corrected chi connectivity index (χ1v) is 8.79. The van der Waals surface area contributed by atoms with E-state index in [1.807, 2.05) is 36.4 Å². The number of phenols is 1. The second-order valence-corrected chi connectivity index (χ2v) is 6.63. The predicted molar refractivity (Wildman–Crippen MR) is 98.7 cm³/mol. The molecule has 1 aromatic heterocycles. The van der Waals surface area contributed by atoms with Crippen LogP contribution >= 0.6 is 0 Å². The molecule has 4 rings (SSSR count). The van der Waals surface area contributed by atoms with Gasteiger partial charge in [-0.05, 0) is 49.7 Å². The Hall–Kier alpha value is -2.59. The molecule has 0 amide bonds. The van der Waals surface area contributed by atoms with Crippen molar-refractivity contribution in [3.63, 3.8) is 0 Å². The summed E-state index contributed by atoms with van der Waals surface area (Å²) in [5.41, 5.74) is 2.21. The standard InChI is InChI=1S/C21H21NO3/c23-19-10-9-16-13-17(15-7-3-1-4-8-15)21(24)25-20(16)18(19)14-22-11-5-2-6-12-22/h1,3-4,7-10,13,23H,2,5-6,11-12,14H2. The second-order valence-electron chi connectivity index (χ2n) is 6.63. The fourth-order valence-electron chi connectivity index (χ4n) is 3.54. The lowest BCUT2D eigenvalue weighted by Gasteiger charge is -2.26. The Morgan fingerprint density at radius 1 is 1.00 bits per heavy atom. The summed E-state index contributed by atoms with van der Waals surface area (Å²) in [5.74, 6) is 0.189. The zero-order valence-corrected chi connectivity index (χ0v) is 14.1.